The van der Waals surface area contributed by atoms with Gasteiger partial charge in [-0.15, -0.1) is 0 Å². The highest BCUT2D eigenvalue weighted by Crippen LogP contribution is 2.39. The number of halogens is 1. The molecule has 0 bridgehead atoms. The number of methoxy groups -OCH3 is 2. The average Bonchev–Trinajstić information content (AvgIpc) is 4.17. The minimum atomic E-state index is -0.923. The maximum absolute atomic E-state index is 14.2. The molecule has 324 valence electrons. The Morgan fingerprint density at radius 1 is 0.714 bits per heavy atom. The molecule has 0 aliphatic carbocycles. The fourth-order valence-corrected chi connectivity index (χ4v) is 9.30. The Morgan fingerprint density at radius 3 is 1.81 bits per heavy atom. The second kappa shape index (κ2) is 19.2. The van der Waals surface area contributed by atoms with Gasteiger partial charge in [-0.2, -0.15) is 11.8 Å². The van der Waals surface area contributed by atoms with Crippen molar-refractivity contribution in [2.45, 2.75) is 48.7 Å². The van der Waals surface area contributed by atoms with Crippen LogP contribution in [0.25, 0.3) is 33.6 Å². The first kappa shape index (κ1) is 43.1. The zero-order valence-electron chi connectivity index (χ0n) is 34.9. The number of carbonyl (C=O) groups excluding carboxylic acids is 4. The Labute approximate surface area is 374 Å². The minimum absolute atomic E-state index is 0.198. The number of benzene rings is 4. The summed E-state index contributed by atoms with van der Waals surface area (Å²) in [7, 11) is 2.55. The van der Waals surface area contributed by atoms with Gasteiger partial charge in [0, 0.05) is 23.9 Å². The third kappa shape index (κ3) is 9.30. The van der Waals surface area contributed by atoms with Crippen LogP contribution in [-0.2, 0) is 19.1 Å². The third-order valence-corrected chi connectivity index (χ3v) is 12.9. The highest BCUT2D eigenvalue weighted by Gasteiger charge is 2.41. The summed E-state index contributed by atoms with van der Waals surface area (Å²) in [6, 6.07) is 31.9. The van der Waals surface area contributed by atoms with Crippen LogP contribution in [0.15, 0.2) is 115 Å². The standard InChI is InChI=1S/C47H47ClN8O6S/c1-61-46(59)52-39(31-11-6-4-7-12-31)44(57)55-24-10-15-36(55)43-51-38(41(48)54-43)33-22-18-29(19-23-33)28-16-20-30(21-17-28)35-26-49-42(50-35)37-25-34(63-3)27-56(37)45(58)40(53-47(60)62-2)32-13-8-5-9-14-32/h4-9,11-14,16-23,26,34,36-37,39-40H,10,15,24-25,27H2,1-3H3,(H,49,50)(H,51,54)(H,52,59)(H,53,60)/t34-,36?,37-,39-,40-/m0/s1. The molecule has 1 unspecified atom stereocenters. The summed E-state index contributed by atoms with van der Waals surface area (Å²) >= 11 is 8.47. The molecule has 16 heteroatoms. The van der Waals surface area contributed by atoms with E-state index in [0.717, 1.165) is 34.4 Å². The molecule has 2 aliphatic heterocycles. The van der Waals surface area contributed by atoms with Gasteiger partial charge in [-0.25, -0.2) is 19.6 Å². The lowest BCUT2D eigenvalue weighted by Crippen LogP contribution is -2.43. The smallest absolute Gasteiger partial charge is 0.407 e. The monoisotopic (exact) mass is 886 g/mol. The number of aromatic nitrogens is 4. The van der Waals surface area contributed by atoms with E-state index in [1.54, 1.807) is 39.9 Å². The predicted octanol–water partition coefficient (Wildman–Crippen LogP) is 8.65. The molecular formula is C47H47ClN8O6S. The van der Waals surface area contributed by atoms with Gasteiger partial charge in [-0.05, 0) is 53.3 Å². The number of thioether (sulfide) groups is 1. The van der Waals surface area contributed by atoms with Crippen LogP contribution in [0.2, 0.25) is 5.15 Å². The van der Waals surface area contributed by atoms with E-state index in [4.69, 9.17) is 31.0 Å². The lowest BCUT2D eigenvalue weighted by molar-refractivity contribution is -0.135. The van der Waals surface area contributed by atoms with Crippen LogP contribution in [0.3, 0.4) is 0 Å². The molecule has 4 amide bonds. The number of carbonyl (C=O) groups is 4. The van der Waals surface area contributed by atoms with Crippen molar-refractivity contribution in [1.82, 2.24) is 40.4 Å². The van der Waals surface area contributed by atoms with Crippen LogP contribution >= 0.6 is 23.4 Å². The Hall–Kier alpha value is -6.58. The number of amides is 4. The zero-order chi connectivity index (χ0) is 44.0. The number of hydrogen-bond donors (Lipinski definition) is 4. The fraction of sp³-hybridized carbons (Fsp3) is 0.277. The second-order valence-electron chi connectivity index (χ2n) is 15.4. The van der Waals surface area contributed by atoms with Gasteiger partial charge >= 0.3 is 12.2 Å². The number of nitrogens with zero attached hydrogens (tertiary/aromatic N) is 4. The summed E-state index contributed by atoms with van der Waals surface area (Å²) < 4.78 is 9.69. The molecule has 63 heavy (non-hydrogen) atoms. The number of ether oxygens (including phenoxy) is 2. The number of likely N-dealkylation sites (tertiary alicyclic amines) is 2. The minimum Gasteiger partial charge on any atom is -0.453 e. The van der Waals surface area contributed by atoms with Crippen LogP contribution in [0.1, 0.15) is 66.2 Å². The van der Waals surface area contributed by atoms with E-state index in [0.29, 0.717) is 59.6 Å². The zero-order valence-corrected chi connectivity index (χ0v) is 36.5. The number of hydrogen-bond acceptors (Lipinski definition) is 9. The van der Waals surface area contributed by atoms with Crippen LogP contribution in [0.4, 0.5) is 9.59 Å². The largest absolute Gasteiger partial charge is 0.453 e. The van der Waals surface area contributed by atoms with E-state index < -0.39 is 24.3 Å². The van der Waals surface area contributed by atoms with Crippen molar-refractivity contribution in [1.29, 1.82) is 0 Å². The molecule has 4 heterocycles. The van der Waals surface area contributed by atoms with E-state index in [9.17, 15) is 19.2 Å². The maximum Gasteiger partial charge on any atom is 0.407 e. The van der Waals surface area contributed by atoms with Crippen LogP contribution in [0, 0.1) is 0 Å². The van der Waals surface area contributed by atoms with E-state index in [2.05, 4.69) is 20.6 Å². The van der Waals surface area contributed by atoms with Gasteiger partial charge < -0.3 is 39.9 Å². The number of imidazole rings is 2. The first-order valence-electron chi connectivity index (χ1n) is 20.6. The Kier molecular flexibility index (Phi) is 13.1. The summed E-state index contributed by atoms with van der Waals surface area (Å²) in [6.07, 6.45) is 4.62. The molecule has 14 nitrogen and oxygen atoms in total. The SMILES string of the molecule is COC(=O)N[C@H](C(=O)N1CCCC1c1nc(-c2ccc(-c3ccc(-c4cnc([C@@H]5C[C@H](SC)CN5C(=O)[C@@H](NC(=O)OC)c5ccccc5)[nH]4)cc3)cc2)c(Cl)[nH]1)c1ccccc1. The topological polar surface area (TPSA) is 175 Å². The van der Waals surface area contributed by atoms with E-state index in [-0.39, 0.29) is 29.1 Å². The molecule has 2 aliphatic rings. The molecule has 5 atom stereocenters. The van der Waals surface area contributed by atoms with Gasteiger partial charge in [0.1, 0.15) is 34.6 Å². The van der Waals surface area contributed by atoms with Gasteiger partial charge in [0.2, 0.25) is 0 Å². The average molecular weight is 887 g/mol. The normalized spacial score (nSPS) is 18.1. The van der Waals surface area contributed by atoms with Crippen molar-refractivity contribution in [3.8, 4) is 33.6 Å². The molecule has 6 aromatic rings. The fourth-order valence-electron chi connectivity index (χ4n) is 8.37. The van der Waals surface area contributed by atoms with Gasteiger partial charge in [-0.3, -0.25) is 9.59 Å². The van der Waals surface area contributed by atoms with Gasteiger partial charge in [0.15, 0.2) is 0 Å². The van der Waals surface area contributed by atoms with Crippen molar-refractivity contribution < 1.29 is 28.7 Å². The molecule has 0 spiro atoms. The van der Waals surface area contributed by atoms with E-state index >= 15 is 0 Å². The van der Waals surface area contributed by atoms with Crippen LogP contribution in [-0.4, -0.2) is 92.6 Å². The Bertz CT molecular complexity index is 2550. The number of rotatable bonds is 12. The summed E-state index contributed by atoms with van der Waals surface area (Å²) in [5, 5.41) is 6.00. The first-order valence-corrected chi connectivity index (χ1v) is 22.3. The molecule has 8 rings (SSSR count). The van der Waals surface area contributed by atoms with E-state index in [1.807, 2.05) is 103 Å². The van der Waals surface area contributed by atoms with E-state index in [1.165, 1.54) is 14.2 Å². The third-order valence-electron chi connectivity index (χ3n) is 11.7. The number of alkyl carbamates (subject to hydrolysis) is 2. The summed E-state index contributed by atoms with van der Waals surface area (Å²) in [5.41, 5.74) is 6.48. The van der Waals surface area contributed by atoms with Crippen LogP contribution < -0.4 is 10.6 Å². The Morgan fingerprint density at radius 2 is 1.25 bits per heavy atom. The van der Waals surface area contributed by atoms with Crippen LogP contribution in [0.5, 0.6) is 0 Å². The number of nitrogens with one attached hydrogen (secondary N) is 4. The number of H-pyrrole nitrogens is 2. The maximum atomic E-state index is 14.2. The molecule has 2 fully saturated rings. The van der Waals surface area contributed by atoms with Crippen molar-refractivity contribution in [2.75, 3.05) is 33.6 Å². The summed E-state index contributed by atoms with van der Waals surface area (Å²) in [5.74, 6) is 0.772. The summed E-state index contributed by atoms with van der Waals surface area (Å²) in [6.45, 7) is 1.02. The van der Waals surface area contributed by atoms with Gasteiger partial charge in [-0.1, -0.05) is 121 Å². The molecule has 2 aromatic heterocycles. The Balaban J connectivity index is 0.957. The molecular weight excluding hydrogens is 840 g/mol. The molecule has 4 N–H and O–H groups in total. The predicted molar refractivity (Wildman–Crippen MR) is 242 cm³/mol. The highest BCUT2D eigenvalue weighted by atomic mass is 35.5. The molecule has 0 radical (unpaired) electrons. The lowest BCUT2D eigenvalue weighted by atomic mass is 10.0. The number of aromatic amines is 2. The second-order valence-corrected chi connectivity index (χ2v) is 16.9. The van der Waals surface area contributed by atoms with Crippen molar-refractivity contribution in [2.24, 2.45) is 0 Å². The van der Waals surface area contributed by atoms with Crippen molar-refractivity contribution in [3.05, 3.63) is 143 Å². The first-order chi connectivity index (χ1) is 30.6. The lowest BCUT2D eigenvalue weighted by Gasteiger charge is -2.28. The molecule has 2 saturated heterocycles. The summed E-state index contributed by atoms with van der Waals surface area (Å²) in [4.78, 5) is 72.6. The van der Waals surface area contributed by atoms with Gasteiger partial charge in [0.25, 0.3) is 11.8 Å². The van der Waals surface area contributed by atoms with Gasteiger partial charge in [0.05, 0.1) is 38.2 Å². The molecule has 4 aromatic carbocycles. The van der Waals surface area contributed by atoms with Crippen molar-refractivity contribution >= 4 is 47.4 Å². The quantitative estimate of drug-likeness (QED) is 0.0938. The van der Waals surface area contributed by atoms with Crippen molar-refractivity contribution in [3.63, 3.8) is 0 Å². The highest BCUT2D eigenvalue weighted by molar-refractivity contribution is 7.99. The molecule has 0 saturated carbocycles.